The summed E-state index contributed by atoms with van der Waals surface area (Å²) in [5, 5.41) is 11.2. The molecule has 0 unspecified atom stereocenters. The first-order valence-electron chi connectivity index (χ1n) is 17.7. The molecule has 4 atom stereocenters. The number of anilines is 1. The maximum absolute atomic E-state index is 14.4. The molecular weight excluding hydrogens is 669 g/mol. The summed E-state index contributed by atoms with van der Waals surface area (Å²) in [4.78, 5) is 28.5. The number of hydrogen-bond donors (Lipinski definition) is 3. The minimum Gasteiger partial charge on any atom is -0.451 e. The van der Waals surface area contributed by atoms with Crippen molar-refractivity contribution in [3.63, 3.8) is 0 Å². The molecule has 16 heteroatoms. The van der Waals surface area contributed by atoms with Crippen molar-refractivity contribution in [3.8, 4) is 11.5 Å². The first-order valence-corrected chi connectivity index (χ1v) is 19.2. The summed E-state index contributed by atoms with van der Waals surface area (Å²) in [7, 11) is -3.59. The molecule has 0 bridgehead atoms. The number of carbonyl (C=O) groups excluding carboxylic acids is 1. The van der Waals surface area contributed by atoms with E-state index in [1.54, 1.807) is 11.1 Å². The van der Waals surface area contributed by atoms with Gasteiger partial charge in [0.15, 0.2) is 17.4 Å². The van der Waals surface area contributed by atoms with Crippen molar-refractivity contribution in [2.45, 2.75) is 76.3 Å². The second kappa shape index (κ2) is 14.2. The molecule has 7 rings (SSSR count). The Hall–Kier alpha value is -2.99. The van der Waals surface area contributed by atoms with Gasteiger partial charge < -0.3 is 29.1 Å². The maximum Gasteiger partial charge on any atom is 0.277 e. The van der Waals surface area contributed by atoms with Crippen LogP contribution in [0.3, 0.4) is 0 Å². The Bertz CT molecular complexity index is 1630. The van der Waals surface area contributed by atoms with Crippen LogP contribution in [-0.2, 0) is 19.7 Å². The Kier molecular flexibility index (Phi) is 10.1. The Balaban J connectivity index is 0.920. The molecule has 14 nitrogen and oxygen atoms in total. The number of β-amino-alcohol motifs (C(OH)–C–C–N with tert-alkyl or cyclic N) is 1. The fraction of sp³-hybridized carbons (Fsp3) is 0.676. The lowest BCUT2D eigenvalue weighted by Crippen LogP contribution is -2.62. The lowest BCUT2D eigenvalue weighted by molar-refractivity contribution is -0.239. The highest BCUT2D eigenvalue weighted by Gasteiger charge is 2.47. The number of aliphatic hydroxyl groups is 1. The number of halogens is 1. The minimum atomic E-state index is -3.59. The van der Waals surface area contributed by atoms with Gasteiger partial charge in [-0.05, 0) is 83.2 Å². The summed E-state index contributed by atoms with van der Waals surface area (Å²) in [6.07, 6.45) is 7.87. The fourth-order valence-electron chi connectivity index (χ4n) is 7.64. The zero-order valence-electron chi connectivity index (χ0n) is 28.7. The second-order valence-corrected chi connectivity index (χ2v) is 16.5. The molecule has 3 N–H and O–H groups in total. The third-order valence-corrected chi connectivity index (χ3v) is 11.9. The monoisotopic (exact) mass is 717 g/mol. The Labute approximate surface area is 292 Å². The van der Waals surface area contributed by atoms with Crippen molar-refractivity contribution >= 4 is 21.9 Å². The predicted molar refractivity (Wildman–Crippen MR) is 181 cm³/mol. The lowest BCUT2D eigenvalue weighted by atomic mass is 9.72. The zero-order chi connectivity index (χ0) is 35.1. The van der Waals surface area contributed by atoms with Gasteiger partial charge in [-0.2, -0.15) is 13.1 Å². The van der Waals surface area contributed by atoms with Gasteiger partial charge in [-0.25, -0.2) is 19.1 Å². The van der Waals surface area contributed by atoms with Crippen LogP contribution < -0.4 is 19.1 Å². The van der Waals surface area contributed by atoms with Crippen LogP contribution in [0, 0.1) is 17.2 Å². The molecule has 4 saturated heterocycles. The first-order chi connectivity index (χ1) is 23.9. The van der Waals surface area contributed by atoms with Gasteiger partial charge >= 0.3 is 0 Å². The molecule has 1 amide bonds. The van der Waals surface area contributed by atoms with Gasteiger partial charge in [0.05, 0.1) is 50.2 Å². The highest BCUT2D eigenvalue weighted by atomic mass is 32.2. The van der Waals surface area contributed by atoms with Crippen LogP contribution in [0.25, 0.3) is 0 Å². The van der Waals surface area contributed by atoms with Gasteiger partial charge in [0.2, 0.25) is 0 Å². The lowest BCUT2D eigenvalue weighted by Gasteiger charge is -2.55. The Morgan fingerprint density at radius 1 is 1.08 bits per heavy atom. The largest absolute Gasteiger partial charge is 0.451 e. The van der Waals surface area contributed by atoms with E-state index in [1.807, 2.05) is 13.8 Å². The van der Waals surface area contributed by atoms with Gasteiger partial charge in [0.25, 0.3) is 16.1 Å². The normalized spacial score (nSPS) is 28.8. The molecule has 5 fully saturated rings. The number of carbonyl (C=O) groups is 1. The topological polar surface area (TPSA) is 159 Å². The van der Waals surface area contributed by atoms with Crippen molar-refractivity contribution in [3.05, 3.63) is 42.1 Å². The van der Waals surface area contributed by atoms with Gasteiger partial charge in [-0.15, -0.1) is 0 Å². The van der Waals surface area contributed by atoms with Crippen LogP contribution in [-0.4, -0.2) is 122 Å². The molecule has 4 aliphatic heterocycles. The minimum absolute atomic E-state index is 0.0885. The van der Waals surface area contributed by atoms with E-state index >= 15 is 0 Å². The van der Waals surface area contributed by atoms with Gasteiger partial charge in [-0.1, -0.05) is 0 Å². The summed E-state index contributed by atoms with van der Waals surface area (Å²) in [6, 6.07) is 3.25. The van der Waals surface area contributed by atoms with Crippen LogP contribution in [0.15, 0.2) is 30.7 Å². The third kappa shape index (κ3) is 8.06. The molecule has 5 heterocycles. The number of ether oxygens (including phenoxy) is 3. The molecular formula is C34H48FN7O7S. The number of nitrogens with zero attached hydrogens (tertiary/aromatic N) is 5. The molecule has 5 aliphatic rings. The van der Waals surface area contributed by atoms with E-state index in [0.29, 0.717) is 56.6 Å². The quantitative estimate of drug-likeness (QED) is 0.313. The van der Waals surface area contributed by atoms with Crippen molar-refractivity contribution in [1.29, 1.82) is 0 Å². The Morgan fingerprint density at radius 3 is 2.50 bits per heavy atom. The number of likely N-dealkylation sites (tertiary alicyclic amines) is 1. The summed E-state index contributed by atoms with van der Waals surface area (Å²) in [6.45, 7) is 8.72. The summed E-state index contributed by atoms with van der Waals surface area (Å²) >= 11 is 0. The SMILES string of the molecule is C[C@@H]1COC[C@@H](C)N1C(=O)c1cc(F)ccc1Oc1cncnc1N1CC2(CCN(C[C@@]3(O)CC[C@@H](NS(=O)(=O)NCC4CC4)CO3)CC2)C1. The predicted octanol–water partition coefficient (Wildman–Crippen LogP) is 2.26. The maximum atomic E-state index is 14.4. The number of amides is 1. The smallest absolute Gasteiger partial charge is 0.277 e. The summed E-state index contributed by atoms with van der Waals surface area (Å²) < 4.78 is 62.1. The van der Waals surface area contributed by atoms with Crippen LogP contribution in [0.5, 0.6) is 11.5 Å². The highest BCUT2D eigenvalue weighted by molar-refractivity contribution is 7.87. The van der Waals surface area contributed by atoms with Gasteiger partial charge in [-0.3, -0.25) is 9.69 Å². The second-order valence-electron chi connectivity index (χ2n) is 14.9. The molecule has 1 aromatic heterocycles. The van der Waals surface area contributed by atoms with Crippen molar-refractivity contribution < 1.29 is 36.9 Å². The van der Waals surface area contributed by atoms with Gasteiger partial charge in [0, 0.05) is 37.5 Å². The van der Waals surface area contributed by atoms with Crippen molar-refractivity contribution in [2.75, 3.05) is 64.0 Å². The summed E-state index contributed by atoms with van der Waals surface area (Å²) in [5.74, 6) is -0.482. The molecule has 1 aromatic carbocycles. The molecule has 274 valence electrons. The number of benzene rings is 1. The average Bonchev–Trinajstić information content (AvgIpc) is 3.90. The van der Waals surface area contributed by atoms with E-state index in [-0.39, 0.29) is 47.4 Å². The molecule has 1 spiro atoms. The van der Waals surface area contributed by atoms with E-state index in [1.165, 1.54) is 24.5 Å². The number of hydrogen-bond acceptors (Lipinski definition) is 11. The van der Waals surface area contributed by atoms with E-state index in [0.717, 1.165) is 51.9 Å². The Morgan fingerprint density at radius 2 is 1.82 bits per heavy atom. The third-order valence-electron chi connectivity index (χ3n) is 10.7. The number of morpholine rings is 1. The van der Waals surface area contributed by atoms with E-state index in [4.69, 9.17) is 14.2 Å². The van der Waals surface area contributed by atoms with E-state index in [9.17, 15) is 22.7 Å². The fourth-order valence-corrected chi connectivity index (χ4v) is 8.81. The molecule has 1 aliphatic carbocycles. The summed E-state index contributed by atoms with van der Waals surface area (Å²) in [5.41, 5.74) is 0.222. The van der Waals surface area contributed by atoms with E-state index in [2.05, 4.69) is 29.2 Å². The van der Waals surface area contributed by atoms with Crippen LogP contribution in [0.1, 0.15) is 62.7 Å². The highest BCUT2D eigenvalue weighted by Crippen LogP contribution is 2.45. The van der Waals surface area contributed by atoms with E-state index < -0.39 is 21.8 Å². The van der Waals surface area contributed by atoms with Crippen LogP contribution in [0.4, 0.5) is 10.2 Å². The average molecular weight is 718 g/mol. The van der Waals surface area contributed by atoms with Crippen molar-refractivity contribution in [2.24, 2.45) is 11.3 Å². The van der Waals surface area contributed by atoms with Gasteiger partial charge in [0.1, 0.15) is 17.9 Å². The number of rotatable bonds is 11. The zero-order valence-corrected chi connectivity index (χ0v) is 29.5. The number of piperidine rings is 1. The molecule has 0 radical (unpaired) electrons. The molecule has 2 aromatic rings. The van der Waals surface area contributed by atoms with Crippen LogP contribution in [0.2, 0.25) is 0 Å². The van der Waals surface area contributed by atoms with Crippen LogP contribution >= 0.6 is 0 Å². The number of aromatic nitrogens is 2. The van der Waals surface area contributed by atoms with Crippen molar-refractivity contribution in [1.82, 2.24) is 29.2 Å². The standard InChI is InChI=1S/C34H48FN7O7S/c1-23-16-47-17-24(2)42(23)32(43)28-13-26(35)5-6-29(28)49-30-15-36-22-37-31(30)41-19-33(20-41)9-11-40(12-10-33)21-34(44)8-7-27(18-48-34)39-50(45,46)38-14-25-3-4-25/h5-6,13,15,22-25,27,38-39,44H,3-4,7-12,14,16-21H2,1-2H3/t23-,24-,27-,34-/m1/s1. The molecule has 1 saturated carbocycles. The molecule has 50 heavy (non-hydrogen) atoms. The first kappa shape index (κ1) is 35.4. The number of nitrogens with one attached hydrogen (secondary N) is 2.